The Kier molecular flexibility index (Phi) is 4.67. The fraction of sp³-hybridized carbons (Fsp3) is 0.467. The summed E-state index contributed by atoms with van der Waals surface area (Å²) >= 11 is 0. The molecule has 1 atom stereocenters. The Morgan fingerprint density at radius 3 is 2.54 bits per heavy atom. The molecular weight excluding hydrogens is 358 g/mol. The van der Waals surface area contributed by atoms with E-state index in [4.69, 9.17) is 5.73 Å². The number of nitrogens with zero attached hydrogens (tertiary/aromatic N) is 5. The smallest absolute Gasteiger partial charge is 0.250 e. The average Bonchev–Trinajstić information content (AvgIpc) is 2.92. The van der Waals surface area contributed by atoms with Gasteiger partial charge in [-0.3, -0.25) is 4.79 Å². The Morgan fingerprint density at radius 2 is 1.96 bits per heavy atom. The number of carbonyl (C=O) groups is 1. The van der Waals surface area contributed by atoms with Crippen LogP contribution in [0.25, 0.3) is 5.82 Å². The Balaban J connectivity index is 2.09. The number of piperazine rings is 1. The molecule has 2 aromatic rings. The molecule has 1 saturated heterocycles. The molecule has 3 rings (SSSR count). The van der Waals surface area contributed by atoms with Crippen molar-refractivity contribution in [1.82, 2.24) is 25.1 Å². The van der Waals surface area contributed by atoms with Crippen LogP contribution in [0.15, 0.2) is 17.3 Å². The van der Waals surface area contributed by atoms with Gasteiger partial charge in [-0.15, -0.1) is 0 Å². The van der Waals surface area contributed by atoms with Gasteiger partial charge in [0.05, 0.1) is 5.69 Å². The van der Waals surface area contributed by atoms with Crippen molar-refractivity contribution in [2.75, 3.05) is 30.8 Å². The lowest BCUT2D eigenvalue weighted by molar-refractivity contribution is -0.120. The summed E-state index contributed by atoms with van der Waals surface area (Å²) in [6, 6.07) is 3.00. The number of nitrogens with one attached hydrogen (secondary N) is 1. The van der Waals surface area contributed by atoms with E-state index in [1.54, 1.807) is 10.7 Å². The molecule has 1 aliphatic rings. The van der Waals surface area contributed by atoms with Gasteiger partial charge in [0.15, 0.2) is 5.82 Å². The third-order valence-corrected chi connectivity index (χ3v) is 4.93. The summed E-state index contributed by atoms with van der Waals surface area (Å²) in [6.07, 6.45) is 1.06. The number of sulfone groups is 1. The van der Waals surface area contributed by atoms with Gasteiger partial charge in [-0.25, -0.2) is 18.1 Å². The van der Waals surface area contributed by atoms with E-state index in [9.17, 15) is 13.2 Å². The number of aryl methyl sites for hydroxylation is 2. The second-order valence-corrected chi connectivity index (χ2v) is 8.24. The van der Waals surface area contributed by atoms with Crippen molar-refractivity contribution < 1.29 is 13.2 Å². The second-order valence-electron chi connectivity index (χ2n) is 6.33. The van der Waals surface area contributed by atoms with Crippen molar-refractivity contribution in [2.45, 2.75) is 25.0 Å². The van der Waals surface area contributed by atoms with Crippen molar-refractivity contribution in [1.29, 1.82) is 0 Å². The largest absolute Gasteiger partial charge is 0.368 e. The number of aromatic nitrogens is 4. The third kappa shape index (κ3) is 3.68. The van der Waals surface area contributed by atoms with Crippen LogP contribution in [0.5, 0.6) is 0 Å². The molecule has 1 amide bonds. The van der Waals surface area contributed by atoms with Gasteiger partial charge in [-0.2, -0.15) is 10.1 Å². The summed E-state index contributed by atoms with van der Waals surface area (Å²) in [5, 5.41) is 7.10. The first-order chi connectivity index (χ1) is 12.1. The molecule has 10 nitrogen and oxygen atoms in total. The fourth-order valence-corrected chi connectivity index (χ4v) is 3.37. The van der Waals surface area contributed by atoms with Crippen LogP contribution in [0.2, 0.25) is 0 Å². The molecule has 26 heavy (non-hydrogen) atoms. The summed E-state index contributed by atoms with van der Waals surface area (Å²) in [6.45, 7) is 5.08. The van der Waals surface area contributed by atoms with E-state index < -0.39 is 21.8 Å². The van der Waals surface area contributed by atoms with E-state index in [1.807, 2.05) is 24.8 Å². The Bertz CT molecular complexity index is 954. The van der Waals surface area contributed by atoms with Gasteiger partial charge in [0.2, 0.25) is 15.7 Å². The highest BCUT2D eigenvalue weighted by Crippen LogP contribution is 2.20. The van der Waals surface area contributed by atoms with Crippen LogP contribution in [0.3, 0.4) is 0 Å². The zero-order chi connectivity index (χ0) is 19.1. The average molecular weight is 379 g/mol. The first-order valence-corrected chi connectivity index (χ1v) is 9.95. The minimum atomic E-state index is -3.63. The van der Waals surface area contributed by atoms with Crippen LogP contribution in [0.4, 0.5) is 5.82 Å². The Labute approximate surface area is 151 Å². The Morgan fingerprint density at radius 1 is 1.27 bits per heavy atom. The number of anilines is 1. The molecule has 0 saturated carbocycles. The zero-order valence-electron chi connectivity index (χ0n) is 14.8. The number of hydrogen-bond acceptors (Lipinski definition) is 8. The number of nitrogens with two attached hydrogens (primary N) is 1. The molecule has 11 heteroatoms. The first-order valence-electron chi connectivity index (χ1n) is 8.05. The molecule has 0 aromatic carbocycles. The molecule has 0 radical (unpaired) electrons. The van der Waals surface area contributed by atoms with Gasteiger partial charge in [0, 0.05) is 37.7 Å². The molecule has 2 aromatic heterocycles. The lowest BCUT2D eigenvalue weighted by Gasteiger charge is -2.33. The van der Waals surface area contributed by atoms with Crippen molar-refractivity contribution in [2.24, 2.45) is 5.73 Å². The van der Waals surface area contributed by atoms with E-state index in [-0.39, 0.29) is 5.16 Å². The quantitative estimate of drug-likeness (QED) is 0.642. The lowest BCUT2D eigenvalue weighted by Crippen LogP contribution is -2.56. The normalized spacial score (nSPS) is 18.1. The lowest BCUT2D eigenvalue weighted by atomic mass is 10.2. The van der Waals surface area contributed by atoms with E-state index in [0.717, 1.165) is 17.6 Å². The van der Waals surface area contributed by atoms with Gasteiger partial charge < -0.3 is 16.0 Å². The number of primary amides is 1. The molecule has 3 N–H and O–H groups in total. The maximum Gasteiger partial charge on any atom is 0.250 e. The number of hydrogen-bond donors (Lipinski definition) is 2. The van der Waals surface area contributed by atoms with Gasteiger partial charge in [0.25, 0.3) is 5.16 Å². The molecule has 3 heterocycles. The van der Waals surface area contributed by atoms with E-state index in [2.05, 4.69) is 20.4 Å². The zero-order valence-corrected chi connectivity index (χ0v) is 15.6. The van der Waals surface area contributed by atoms with Gasteiger partial charge in [-0.05, 0) is 19.9 Å². The van der Waals surface area contributed by atoms with Crippen molar-refractivity contribution in [3.05, 3.63) is 23.5 Å². The standard InChI is InChI=1S/C15H21N7O3S/c1-9-6-10(2)22(20-9)13-7-12(18-15(19-13)26(3,24)25)21-5-4-17-11(8-21)14(16)23/h6-7,11,17H,4-5,8H2,1-3H3,(H2,16,23). The first kappa shape index (κ1) is 18.3. The number of amides is 1. The molecule has 0 spiro atoms. The van der Waals surface area contributed by atoms with E-state index in [1.165, 1.54) is 0 Å². The topological polar surface area (TPSA) is 136 Å². The van der Waals surface area contributed by atoms with Crippen LogP contribution in [0.1, 0.15) is 11.4 Å². The third-order valence-electron chi connectivity index (χ3n) is 4.08. The van der Waals surface area contributed by atoms with Crippen molar-refractivity contribution in [3.63, 3.8) is 0 Å². The van der Waals surface area contributed by atoms with Gasteiger partial charge in [0.1, 0.15) is 11.9 Å². The fourth-order valence-electron chi connectivity index (χ4n) is 2.85. The Hall–Kier alpha value is -2.53. The van der Waals surface area contributed by atoms with Crippen LogP contribution in [0, 0.1) is 13.8 Å². The summed E-state index contributed by atoms with van der Waals surface area (Å²) in [7, 11) is -3.63. The molecule has 0 bridgehead atoms. The van der Waals surface area contributed by atoms with Crippen molar-refractivity contribution in [3.8, 4) is 5.82 Å². The number of carbonyl (C=O) groups excluding carboxylic acids is 1. The van der Waals surface area contributed by atoms with E-state index in [0.29, 0.717) is 31.3 Å². The maximum absolute atomic E-state index is 12.1. The molecule has 0 aliphatic carbocycles. The van der Waals surface area contributed by atoms with Crippen LogP contribution in [-0.2, 0) is 14.6 Å². The summed E-state index contributed by atoms with van der Waals surface area (Å²) in [4.78, 5) is 21.7. The summed E-state index contributed by atoms with van der Waals surface area (Å²) in [5.74, 6) is 0.303. The van der Waals surface area contributed by atoms with Crippen molar-refractivity contribution >= 4 is 21.6 Å². The minimum Gasteiger partial charge on any atom is -0.368 e. The van der Waals surface area contributed by atoms with Gasteiger partial charge >= 0.3 is 0 Å². The highest BCUT2D eigenvalue weighted by Gasteiger charge is 2.26. The van der Waals surface area contributed by atoms with E-state index >= 15 is 0 Å². The molecule has 1 fully saturated rings. The molecule has 1 unspecified atom stereocenters. The minimum absolute atomic E-state index is 0.285. The highest BCUT2D eigenvalue weighted by atomic mass is 32.2. The summed E-state index contributed by atoms with van der Waals surface area (Å²) in [5.41, 5.74) is 6.99. The monoisotopic (exact) mass is 379 g/mol. The van der Waals surface area contributed by atoms with Crippen LogP contribution >= 0.6 is 0 Å². The predicted octanol–water partition coefficient (Wildman–Crippen LogP) is -1.05. The second kappa shape index (κ2) is 6.65. The maximum atomic E-state index is 12.1. The molecule has 140 valence electrons. The predicted molar refractivity (Wildman–Crippen MR) is 94.9 cm³/mol. The molecular formula is C15H21N7O3S. The number of rotatable bonds is 4. The van der Waals surface area contributed by atoms with Gasteiger partial charge in [-0.1, -0.05) is 0 Å². The summed E-state index contributed by atoms with van der Waals surface area (Å²) < 4.78 is 25.7. The van der Waals surface area contributed by atoms with Crippen LogP contribution in [-0.4, -0.2) is 66.0 Å². The SMILES string of the molecule is Cc1cc(C)n(-c2cc(N3CCNC(C(N)=O)C3)nc(S(C)(=O)=O)n2)n1. The highest BCUT2D eigenvalue weighted by molar-refractivity contribution is 7.90. The van der Waals surface area contributed by atoms with Crippen LogP contribution < -0.4 is 16.0 Å². The molecule has 1 aliphatic heterocycles.